The van der Waals surface area contributed by atoms with E-state index in [4.69, 9.17) is 0 Å². The average molecular weight is 588 g/mol. The van der Waals surface area contributed by atoms with Crippen LogP contribution < -0.4 is 0 Å². The molecule has 0 spiro atoms. The van der Waals surface area contributed by atoms with Gasteiger partial charge in [0.05, 0.1) is 0 Å². The van der Waals surface area contributed by atoms with Crippen LogP contribution in [0.25, 0.3) is 34.1 Å². The summed E-state index contributed by atoms with van der Waals surface area (Å²) in [6, 6.07) is 33.9. The molecular weight excluding hydrogens is 552 g/mol. The molecule has 1 fully saturated rings. The molecule has 38 heavy (non-hydrogen) atoms. The Morgan fingerprint density at radius 3 is 1.97 bits per heavy atom. The molecule has 0 bridgehead atoms. The minimum Gasteiger partial charge on any atom is -0.358 e. The molecule has 3 aliphatic rings. The Hall–Kier alpha value is -2.28. The van der Waals surface area contributed by atoms with Crippen LogP contribution in [0.2, 0.25) is 12.1 Å². The number of benzene rings is 4. The van der Waals surface area contributed by atoms with Crippen LogP contribution in [-0.4, -0.2) is 9.52 Å². The molecule has 2 heteroatoms. The summed E-state index contributed by atoms with van der Waals surface area (Å²) in [6.45, 7) is 4.57. The zero-order valence-electron chi connectivity index (χ0n) is 22.8. The van der Waals surface area contributed by atoms with Crippen molar-refractivity contribution in [2.75, 3.05) is 0 Å². The molecule has 4 aromatic carbocycles. The summed E-state index contributed by atoms with van der Waals surface area (Å²) in [5.74, 6) is 0.712. The van der Waals surface area contributed by atoms with Crippen LogP contribution in [0.1, 0.15) is 60.8 Å². The molecule has 2 radical (unpaired) electrons. The van der Waals surface area contributed by atoms with E-state index in [1.165, 1.54) is 89.7 Å². The summed E-state index contributed by atoms with van der Waals surface area (Å²) >= 11 is 0. The van der Waals surface area contributed by atoms with E-state index in [1.807, 2.05) is 0 Å². The van der Waals surface area contributed by atoms with E-state index in [0.717, 1.165) is 0 Å². The van der Waals surface area contributed by atoms with Gasteiger partial charge in [-0.1, -0.05) is 144 Å². The predicted octanol–water partition coefficient (Wildman–Crippen LogP) is 10.2. The zero-order chi connectivity index (χ0) is 24.5. The van der Waals surface area contributed by atoms with Crippen molar-refractivity contribution in [1.29, 1.82) is 0 Å². The van der Waals surface area contributed by atoms with Crippen molar-refractivity contribution in [3.63, 3.8) is 0 Å². The zero-order valence-corrected chi connectivity index (χ0v) is 26.3. The molecule has 7 rings (SSSR count). The number of hydrogen-bond donors (Lipinski definition) is 0. The number of fused-ring (bicyclic) bond motifs is 4. The first-order chi connectivity index (χ1) is 17.7. The number of hydrogen-bond acceptors (Lipinski definition) is 0. The molecular formula is C36H36SiZr. The van der Waals surface area contributed by atoms with Gasteiger partial charge in [0, 0.05) is 9.52 Å². The quantitative estimate of drug-likeness (QED) is 0.165. The van der Waals surface area contributed by atoms with Gasteiger partial charge in [0.2, 0.25) is 0 Å². The summed E-state index contributed by atoms with van der Waals surface area (Å²) in [5, 5.41) is 2.68. The second kappa shape index (κ2) is 12.7. The fourth-order valence-corrected chi connectivity index (χ4v) is 7.33. The summed E-state index contributed by atoms with van der Waals surface area (Å²) in [7, 11) is 1.31. The van der Waals surface area contributed by atoms with E-state index in [2.05, 4.69) is 117 Å². The molecule has 2 unspecified atom stereocenters. The Bertz CT molecular complexity index is 1450. The molecule has 4 aromatic rings. The summed E-state index contributed by atoms with van der Waals surface area (Å²) in [6.07, 6.45) is 10.4. The molecule has 0 nitrogen and oxygen atoms in total. The van der Waals surface area contributed by atoms with Crippen molar-refractivity contribution >= 4 is 32.4 Å². The molecule has 1 heterocycles. The minimum absolute atomic E-state index is 0. The molecule has 1 aliphatic heterocycles. The second-order valence-electron chi connectivity index (χ2n) is 10.3. The maximum atomic E-state index is 2.57. The Morgan fingerprint density at radius 2 is 1.29 bits per heavy atom. The van der Waals surface area contributed by atoms with Crippen LogP contribution in [0.15, 0.2) is 96.1 Å². The number of rotatable bonds is 3. The molecule has 1 saturated heterocycles. The van der Waals surface area contributed by atoms with Gasteiger partial charge in [-0.25, -0.2) is 0 Å². The van der Waals surface area contributed by atoms with E-state index in [1.54, 1.807) is 0 Å². The van der Waals surface area contributed by atoms with Gasteiger partial charge in [-0.2, -0.15) is 0 Å². The average Bonchev–Trinajstić information content (AvgIpc) is 3.66. The Kier molecular flexibility index (Phi) is 9.61. The monoisotopic (exact) mass is 586 g/mol. The maximum absolute atomic E-state index is 2.57. The molecule has 0 saturated carbocycles. The fraction of sp³-hybridized carbons (Fsp3) is 0.222. The van der Waals surface area contributed by atoms with Gasteiger partial charge in [0.15, 0.2) is 0 Å². The second-order valence-corrected chi connectivity index (χ2v) is 11.8. The Balaban J connectivity index is 0.000000434. The van der Waals surface area contributed by atoms with Crippen molar-refractivity contribution in [2.24, 2.45) is 0 Å². The third-order valence-corrected chi connectivity index (χ3v) is 9.38. The normalized spacial score (nSPS) is 18.8. The van der Waals surface area contributed by atoms with Gasteiger partial charge < -0.3 is 13.8 Å². The van der Waals surface area contributed by atoms with Gasteiger partial charge in [0.25, 0.3) is 0 Å². The van der Waals surface area contributed by atoms with Crippen LogP contribution >= 0.6 is 0 Å². The fourth-order valence-electron chi connectivity index (χ4n) is 6.08. The van der Waals surface area contributed by atoms with Crippen LogP contribution in [0.4, 0.5) is 0 Å². The maximum Gasteiger partial charge on any atom is 2.00 e. The Morgan fingerprint density at radius 1 is 0.658 bits per heavy atom. The van der Waals surface area contributed by atoms with Gasteiger partial charge >= 0.3 is 26.2 Å². The predicted molar refractivity (Wildman–Crippen MR) is 164 cm³/mol. The van der Waals surface area contributed by atoms with Crippen molar-refractivity contribution in [3.05, 3.63) is 132 Å². The van der Waals surface area contributed by atoms with E-state index >= 15 is 0 Å². The molecule has 0 amide bonds. The van der Waals surface area contributed by atoms with E-state index in [-0.39, 0.29) is 33.6 Å². The van der Waals surface area contributed by atoms with Gasteiger partial charge in [-0.15, -0.1) is 11.8 Å². The topological polar surface area (TPSA) is 0 Å². The van der Waals surface area contributed by atoms with Crippen molar-refractivity contribution < 1.29 is 26.2 Å². The van der Waals surface area contributed by atoms with Gasteiger partial charge in [-0.3, -0.25) is 0 Å². The molecule has 188 valence electrons. The minimum atomic E-state index is 0. The van der Waals surface area contributed by atoms with Crippen molar-refractivity contribution in [1.82, 2.24) is 0 Å². The van der Waals surface area contributed by atoms with E-state index in [9.17, 15) is 0 Å². The summed E-state index contributed by atoms with van der Waals surface area (Å²) < 4.78 is 0. The first-order valence-corrected chi connectivity index (χ1v) is 14.7. The van der Waals surface area contributed by atoms with Gasteiger partial charge in [-0.05, 0) is 46.9 Å². The van der Waals surface area contributed by atoms with Crippen LogP contribution in [0.5, 0.6) is 0 Å². The molecule has 0 N–H and O–H groups in total. The molecule has 2 atom stereocenters. The summed E-state index contributed by atoms with van der Waals surface area (Å²) in [4.78, 5) is 0. The smallest absolute Gasteiger partial charge is 0.358 e. The number of allylic oxidation sites excluding steroid dienone is 2. The van der Waals surface area contributed by atoms with Crippen LogP contribution in [-0.2, 0) is 26.2 Å². The largest absolute Gasteiger partial charge is 2.00 e. The Labute approximate surface area is 251 Å². The van der Waals surface area contributed by atoms with Crippen molar-refractivity contribution in [3.8, 4) is 11.1 Å². The van der Waals surface area contributed by atoms with Crippen LogP contribution in [0.3, 0.4) is 0 Å². The SMILES string of the molecule is C1CC[Si]C1.CC1=Cc2c(-c3ccccc3)cccc2C1[CH-]C1C(C)=Cc2c1ccc1ccccc21.[CH3-].[Zr+2]. The van der Waals surface area contributed by atoms with E-state index in [0.29, 0.717) is 11.8 Å². The molecule has 2 aliphatic carbocycles. The third-order valence-electron chi connectivity index (χ3n) is 7.97. The third kappa shape index (κ3) is 5.54. The van der Waals surface area contributed by atoms with Gasteiger partial charge in [0.1, 0.15) is 0 Å². The first-order valence-electron chi connectivity index (χ1n) is 13.3. The first kappa shape index (κ1) is 28.7. The van der Waals surface area contributed by atoms with Crippen LogP contribution in [0, 0.1) is 13.8 Å². The van der Waals surface area contributed by atoms with Crippen molar-refractivity contribution in [2.45, 2.75) is 50.6 Å². The summed E-state index contributed by atoms with van der Waals surface area (Å²) in [5.41, 5.74) is 11.1. The standard InChI is InChI=1S/C31H25.C4H8Si.CH3.Zr/c1-20-17-30-25(22-9-4-3-5-10-22)13-8-14-26(30)28(20)19-29-21(2)18-31-24-12-7-6-11-23(24)15-16-27(29)31;1-2-4-5-3-1;;/h3-19,28-29H,1-2H3;1-4H2;1H3;/q-1;;-1;+2. The molecule has 0 aromatic heterocycles. The van der Waals surface area contributed by atoms with E-state index < -0.39 is 0 Å².